The van der Waals surface area contributed by atoms with E-state index in [-0.39, 0.29) is 5.41 Å². The van der Waals surface area contributed by atoms with Crippen molar-refractivity contribution in [3.63, 3.8) is 0 Å². The first-order valence-electron chi connectivity index (χ1n) is 6.18. The van der Waals surface area contributed by atoms with Gasteiger partial charge in [-0.1, -0.05) is 46.8 Å². The van der Waals surface area contributed by atoms with Gasteiger partial charge < -0.3 is 0 Å². The number of carbonyl (C=O) groups excluding carboxylic acids is 1. The molecule has 0 aliphatic carbocycles. The molecule has 1 aromatic rings. The molecule has 0 N–H and O–H groups in total. The van der Waals surface area contributed by atoms with Gasteiger partial charge >= 0.3 is 0 Å². The summed E-state index contributed by atoms with van der Waals surface area (Å²) in [7, 11) is 0. The van der Waals surface area contributed by atoms with Gasteiger partial charge in [0.1, 0.15) is 0 Å². The van der Waals surface area contributed by atoms with Crippen molar-refractivity contribution < 1.29 is 4.79 Å². The number of aryl methyl sites for hydroxylation is 2. The first-order chi connectivity index (χ1) is 7.93. The van der Waals surface area contributed by atoms with Gasteiger partial charge in [-0.15, -0.1) is 0 Å². The van der Waals surface area contributed by atoms with E-state index in [9.17, 15) is 4.79 Å². The molecular formula is C15H21NO. The normalized spacial score (nSPS) is 11.1. The van der Waals surface area contributed by atoms with Crippen molar-refractivity contribution >= 4 is 11.8 Å². The second-order valence-corrected chi connectivity index (χ2v) is 5.30. The molecule has 0 aliphatic rings. The van der Waals surface area contributed by atoms with Crippen molar-refractivity contribution in [2.45, 2.75) is 52.9 Å². The summed E-state index contributed by atoms with van der Waals surface area (Å²) < 4.78 is 0. The summed E-state index contributed by atoms with van der Waals surface area (Å²) in [4.78, 5) is 14.4. The Morgan fingerprint density at radius 2 is 1.59 bits per heavy atom. The molecule has 0 heterocycles. The van der Waals surface area contributed by atoms with Gasteiger partial charge in [0.15, 0.2) is 0 Å². The summed E-state index contributed by atoms with van der Waals surface area (Å²) in [6.45, 7) is 10.8. The molecular weight excluding hydrogens is 210 g/mol. The lowest BCUT2D eigenvalue weighted by atomic mass is 9.83. The third kappa shape index (κ3) is 3.04. The Bertz CT molecular complexity index is 423. The van der Waals surface area contributed by atoms with E-state index in [0.717, 1.165) is 29.7 Å². The minimum Gasteiger partial charge on any atom is -0.211 e. The Hall–Kier alpha value is -1.40. The average molecular weight is 231 g/mol. The maximum atomic E-state index is 10.5. The van der Waals surface area contributed by atoms with Crippen LogP contribution in [0.15, 0.2) is 17.1 Å². The lowest BCUT2D eigenvalue weighted by Crippen LogP contribution is -2.12. The quantitative estimate of drug-likeness (QED) is 0.569. The van der Waals surface area contributed by atoms with Gasteiger partial charge in [-0.25, -0.2) is 4.79 Å². The molecule has 17 heavy (non-hydrogen) atoms. The van der Waals surface area contributed by atoms with Gasteiger partial charge in [0.25, 0.3) is 0 Å². The van der Waals surface area contributed by atoms with Crippen molar-refractivity contribution in [1.29, 1.82) is 0 Å². The van der Waals surface area contributed by atoms with Gasteiger partial charge in [0.05, 0.1) is 5.69 Å². The molecule has 0 amide bonds. The van der Waals surface area contributed by atoms with Crippen LogP contribution in [0.4, 0.5) is 5.69 Å². The number of hydrogen-bond donors (Lipinski definition) is 0. The number of hydrogen-bond acceptors (Lipinski definition) is 2. The summed E-state index contributed by atoms with van der Waals surface area (Å²) in [5.74, 6) is 0. The van der Waals surface area contributed by atoms with Crippen LogP contribution < -0.4 is 0 Å². The highest BCUT2D eigenvalue weighted by molar-refractivity contribution is 5.60. The lowest BCUT2D eigenvalue weighted by molar-refractivity contribution is 0.565. The minimum atomic E-state index is 0.122. The fraction of sp³-hybridized carbons (Fsp3) is 0.533. The molecule has 0 radical (unpaired) electrons. The van der Waals surface area contributed by atoms with Crippen LogP contribution in [0.2, 0.25) is 0 Å². The third-order valence-electron chi connectivity index (χ3n) is 3.05. The van der Waals surface area contributed by atoms with Crippen LogP contribution in [0.5, 0.6) is 0 Å². The Morgan fingerprint density at radius 1 is 1.12 bits per heavy atom. The maximum absolute atomic E-state index is 10.5. The predicted octanol–water partition coefficient (Wildman–Crippen LogP) is 4.08. The SMILES string of the molecule is CCc1cc(C(C)(C)C)cc(CC)c1N=C=O. The zero-order chi connectivity index (χ0) is 13.1. The molecule has 0 aliphatic heterocycles. The van der Waals surface area contributed by atoms with Crippen LogP contribution in [0.1, 0.15) is 51.3 Å². The summed E-state index contributed by atoms with van der Waals surface area (Å²) in [6.07, 6.45) is 3.44. The van der Waals surface area contributed by atoms with E-state index < -0.39 is 0 Å². The van der Waals surface area contributed by atoms with E-state index in [2.05, 4.69) is 51.7 Å². The molecule has 1 rings (SSSR count). The standard InChI is InChI=1S/C15H21NO/c1-6-11-8-13(15(3,4)5)9-12(7-2)14(11)16-10-17/h8-9H,6-7H2,1-5H3. The molecule has 0 aromatic heterocycles. The molecule has 2 heteroatoms. The smallest absolute Gasteiger partial charge is 0.211 e. The second kappa shape index (κ2) is 5.29. The van der Waals surface area contributed by atoms with Gasteiger partial charge in [0.2, 0.25) is 6.08 Å². The van der Waals surface area contributed by atoms with E-state index in [1.807, 2.05) is 0 Å². The van der Waals surface area contributed by atoms with Gasteiger partial charge in [-0.3, -0.25) is 0 Å². The van der Waals surface area contributed by atoms with E-state index in [4.69, 9.17) is 0 Å². The zero-order valence-electron chi connectivity index (χ0n) is 11.4. The fourth-order valence-electron chi connectivity index (χ4n) is 1.92. The highest BCUT2D eigenvalue weighted by atomic mass is 16.1. The van der Waals surface area contributed by atoms with Crippen LogP contribution in [0, 0.1) is 0 Å². The van der Waals surface area contributed by atoms with Crippen molar-refractivity contribution in [3.05, 3.63) is 28.8 Å². The Labute approximate surface area is 104 Å². The lowest BCUT2D eigenvalue weighted by Gasteiger charge is -2.22. The molecule has 0 saturated carbocycles. The molecule has 0 atom stereocenters. The van der Waals surface area contributed by atoms with E-state index in [1.165, 1.54) is 5.56 Å². The van der Waals surface area contributed by atoms with Crippen molar-refractivity contribution in [2.24, 2.45) is 4.99 Å². The topological polar surface area (TPSA) is 29.4 Å². The molecule has 92 valence electrons. The summed E-state index contributed by atoms with van der Waals surface area (Å²) in [5, 5.41) is 0. The van der Waals surface area contributed by atoms with Crippen LogP contribution in [0.3, 0.4) is 0 Å². The number of isocyanates is 1. The molecule has 0 bridgehead atoms. The Balaban J connectivity index is 3.49. The van der Waals surface area contributed by atoms with Crippen LogP contribution >= 0.6 is 0 Å². The summed E-state index contributed by atoms with van der Waals surface area (Å²) in [6, 6.07) is 4.32. The number of aliphatic imine (C=N–C) groups is 1. The molecule has 2 nitrogen and oxygen atoms in total. The number of rotatable bonds is 3. The van der Waals surface area contributed by atoms with E-state index in [0.29, 0.717) is 0 Å². The van der Waals surface area contributed by atoms with Crippen LogP contribution in [-0.4, -0.2) is 6.08 Å². The summed E-state index contributed by atoms with van der Waals surface area (Å²) >= 11 is 0. The average Bonchev–Trinajstić information content (AvgIpc) is 2.28. The highest BCUT2D eigenvalue weighted by Crippen LogP contribution is 2.32. The van der Waals surface area contributed by atoms with Gasteiger partial charge in [-0.05, 0) is 34.9 Å². The molecule has 0 saturated heterocycles. The summed E-state index contributed by atoms with van der Waals surface area (Å²) in [5.41, 5.74) is 4.52. The Kier molecular flexibility index (Phi) is 4.25. The van der Waals surface area contributed by atoms with Gasteiger partial charge in [-0.2, -0.15) is 4.99 Å². The predicted molar refractivity (Wildman–Crippen MR) is 71.7 cm³/mol. The van der Waals surface area contributed by atoms with Crippen LogP contribution in [0.25, 0.3) is 0 Å². The van der Waals surface area contributed by atoms with E-state index in [1.54, 1.807) is 6.08 Å². The Morgan fingerprint density at radius 3 is 1.88 bits per heavy atom. The van der Waals surface area contributed by atoms with Gasteiger partial charge in [0, 0.05) is 0 Å². The minimum absolute atomic E-state index is 0.122. The molecule has 0 unspecified atom stereocenters. The molecule has 0 fully saturated rings. The number of benzene rings is 1. The van der Waals surface area contributed by atoms with Crippen LogP contribution in [-0.2, 0) is 23.1 Å². The van der Waals surface area contributed by atoms with Crippen molar-refractivity contribution in [3.8, 4) is 0 Å². The van der Waals surface area contributed by atoms with Crippen molar-refractivity contribution in [1.82, 2.24) is 0 Å². The number of nitrogens with zero attached hydrogens (tertiary/aromatic N) is 1. The second-order valence-electron chi connectivity index (χ2n) is 5.30. The highest BCUT2D eigenvalue weighted by Gasteiger charge is 2.17. The molecule has 1 aromatic carbocycles. The third-order valence-corrected chi connectivity index (χ3v) is 3.05. The maximum Gasteiger partial charge on any atom is 0.240 e. The molecule has 0 spiro atoms. The fourth-order valence-corrected chi connectivity index (χ4v) is 1.92. The first kappa shape index (κ1) is 13.7. The zero-order valence-corrected chi connectivity index (χ0v) is 11.4. The van der Waals surface area contributed by atoms with E-state index >= 15 is 0 Å². The van der Waals surface area contributed by atoms with Crippen molar-refractivity contribution in [2.75, 3.05) is 0 Å². The monoisotopic (exact) mass is 231 g/mol. The largest absolute Gasteiger partial charge is 0.240 e. The first-order valence-corrected chi connectivity index (χ1v) is 6.18.